The van der Waals surface area contributed by atoms with Gasteiger partial charge in [0.05, 0.1) is 18.0 Å². The second-order valence-electron chi connectivity index (χ2n) is 6.40. The van der Waals surface area contributed by atoms with Gasteiger partial charge in [-0.15, -0.1) is 0 Å². The maximum absolute atomic E-state index is 11.8. The van der Waals surface area contributed by atoms with E-state index in [4.69, 9.17) is 4.18 Å². The smallest absolute Gasteiger partial charge is 0.267 e. The van der Waals surface area contributed by atoms with E-state index in [0.717, 1.165) is 31.2 Å². The highest BCUT2D eigenvalue weighted by molar-refractivity contribution is 7.86. The standard InChI is InChI=1S/C19H32O4S/c1-4-10-17(11-5-2)19(20,18-12-8-7-9-13-18)14-15-23-24(21,22)16-6-3/h7-9,12-13,17,20H,4-6,10-11,14-16H2,1-3H3. The zero-order valence-corrected chi connectivity index (χ0v) is 16.0. The average Bonchev–Trinajstić information content (AvgIpc) is 2.55. The second kappa shape index (κ2) is 10.2. The third-order valence-electron chi connectivity index (χ3n) is 4.42. The van der Waals surface area contributed by atoms with Gasteiger partial charge >= 0.3 is 0 Å². The lowest BCUT2D eigenvalue weighted by Crippen LogP contribution is -2.37. The normalized spacial score (nSPS) is 14.7. The molecular weight excluding hydrogens is 324 g/mol. The molecule has 1 rings (SSSR count). The first-order chi connectivity index (χ1) is 11.4. The van der Waals surface area contributed by atoms with Crippen LogP contribution < -0.4 is 0 Å². The molecule has 1 aromatic rings. The van der Waals surface area contributed by atoms with Crippen molar-refractivity contribution in [2.45, 2.75) is 64.9 Å². The summed E-state index contributed by atoms with van der Waals surface area (Å²) in [5.41, 5.74) is -0.219. The van der Waals surface area contributed by atoms with Crippen LogP contribution in [-0.4, -0.2) is 25.9 Å². The molecule has 0 amide bonds. The summed E-state index contributed by atoms with van der Waals surface area (Å²) in [7, 11) is -3.50. The summed E-state index contributed by atoms with van der Waals surface area (Å²) < 4.78 is 28.6. The Balaban J connectivity index is 2.97. The molecule has 1 unspecified atom stereocenters. The Hall–Kier alpha value is -0.910. The first kappa shape index (κ1) is 21.1. The van der Waals surface area contributed by atoms with Gasteiger partial charge in [0, 0.05) is 6.42 Å². The highest BCUT2D eigenvalue weighted by atomic mass is 32.2. The number of hydrogen-bond acceptors (Lipinski definition) is 4. The van der Waals surface area contributed by atoms with Crippen molar-refractivity contribution in [2.75, 3.05) is 12.4 Å². The molecule has 1 N–H and O–H groups in total. The summed E-state index contributed by atoms with van der Waals surface area (Å²) in [6.07, 6.45) is 4.58. The lowest BCUT2D eigenvalue weighted by Gasteiger charge is -2.37. The van der Waals surface area contributed by atoms with Gasteiger partial charge in [0.1, 0.15) is 0 Å². The summed E-state index contributed by atoms with van der Waals surface area (Å²) in [5.74, 6) is 0.108. The fraction of sp³-hybridized carbons (Fsp3) is 0.684. The van der Waals surface area contributed by atoms with Crippen molar-refractivity contribution in [3.8, 4) is 0 Å². The van der Waals surface area contributed by atoms with E-state index in [1.54, 1.807) is 6.92 Å². The Morgan fingerprint density at radius 2 is 1.62 bits per heavy atom. The lowest BCUT2D eigenvalue weighted by atomic mass is 9.75. The van der Waals surface area contributed by atoms with Crippen LogP contribution in [0.15, 0.2) is 30.3 Å². The van der Waals surface area contributed by atoms with Crippen LogP contribution >= 0.6 is 0 Å². The molecule has 0 aromatic heterocycles. The molecule has 0 saturated carbocycles. The molecule has 0 aliphatic heterocycles. The monoisotopic (exact) mass is 356 g/mol. The minimum absolute atomic E-state index is 0.0116. The van der Waals surface area contributed by atoms with Gasteiger partial charge in [-0.3, -0.25) is 4.18 Å². The molecule has 0 fully saturated rings. The van der Waals surface area contributed by atoms with Crippen molar-refractivity contribution in [2.24, 2.45) is 5.92 Å². The van der Waals surface area contributed by atoms with E-state index in [1.165, 1.54) is 0 Å². The largest absolute Gasteiger partial charge is 0.385 e. The van der Waals surface area contributed by atoms with Crippen LogP contribution in [0.1, 0.15) is 64.9 Å². The van der Waals surface area contributed by atoms with Gasteiger partial charge < -0.3 is 5.11 Å². The quantitative estimate of drug-likeness (QED) is 0.569. The van der Waals surface area contributed by atoms with Crippen molar-refractivity contribution in [3.63, 3.8) is 0 Å². The van der Waals surface area contributed by atoms with Gasteiger partial charge in [0.2, 0.25) is 0 Å². The predicted molar refractivity (Wildman–Crippen MR) is 98.3 cm³/mol. The number of hydrogen-bond donors (Lipinski definition) is 1. The number of benzene rings is 1. The maximum atomic E-state index is 11.8. The van der Waals surface area contributed by atoms with E-state index in [0.29, 0.717) is 6.42 Å². The molecule has 4 nitrogen and oxygen atoms in total. The van der Waals surface area contributed by atoms with Gasteiger partial charge in [-0.2, -0.15) is 8.42 Å². The molecule has 0 saturated heterocycles. The van der Waals surface area contributed by atoms with Gasteiger partial charge in [-0.05, 0) is 30.7 Å². The summed E-state index contributed by atoms with van der Waals surface area (Å²) >= 11 is 0. The summed E-state index contributed by atoms with van der Waals surface area (Å²) in [6, 6.07) is 9.56. The van der Waals surface area contributed by atoms with Gasteiger partial charge in [-0.1, -0.05) is 63.9 Å². The first-order valence-electron chi connectivity index (χ1n) is 9.04. The summed E-state index contributed by atoms with van der Waals surface area (Å²) in [5, 5.41) is 11.5. The van der Waals surface area contributed by atoms with Crippen molar-refractivity contribution in [3.05, 3.63) is 35.9 Å². The van der Waals surface area contributed by atoms with Crippen LogP contribution in [0.3, 0.4) is 0 Å². The van der Waals surface area contributed by atoms with Crippen molar-refractivity contribution in [1.82, 2.24) is 0 Å². The molecular formula is C19H32O4S. The van der Waals surface area contributed by atoms with Crippen LogP contribution in [0.25, 0.3) is 0 Å². The minimum Gasteiger partial charge on any atom is -0.385 e. The first-order valence-corrected chi connectivity index (χ1v) is 10.6. The van der Waals surface area contributed by atoms with Crippen molar-refractivity contribution in [1.29, 1.82) is 0 Å². The highest BCUT2D eigenvalue weighted by Gasteiger charge is 2.37. The Kier molecular flexibility index (Phi) is 8.95. The fourth-order valence-electron chi connectivity index (χ4n) is 3.26. The average molecular weight is 357 g/mol. The van der Waals surface area contributed by atoms with Crippen molar-refractivity contribution < 1.29 is 17.7 Å². The molecule has 0 heterocycles. The Morgan fingerprint density at radius 3 is 2.12 bits per heavy atom. The molecule has 1 atom stereocenters. The Morgan fingerprint density at radius 1 is 1.04 bits per heavy atom. The van der Waals surface area contributed by atoms with Crippen LogP contribution in [0.5, 0.6) is 0 Å². The molecule has 0 spiro atoms. The zero-order chi connectivity index (χ0) is 18.1. The molecule has 0 aliphatic rings. The predicted octanol–water partition coefficient (Wildman–Crippen LogP) is 4.24. The minimum atomic E-state index is -3.50. The van der Waals surface area contributed by atoms with Crippen LogP contribution in [0.4, 0.5) is 0 Å². The van der Waals surface area contributed by atoms with Gasteiger partial charge in [0.25, 0.3) is 10.1 Å². The molecule has 0 aliphatic carbocycles. The third kappa shape index (κ3) is 6.19. The molecule has 5 heteroatoms. The number of rotatable bonds is 12. The number of aliphatic hydroxyl groups is 1. The van der Waals surface area contributed by atoms with E-state index < -0.39 is 15.7 Å². The topological polar surface area (TPSA) is 63.6 Å². The van der Waals surface area contributed by atoms with E-state index in [-0.39, 0.29) is 24.7 Å². The third-order valence-corrected chi connectivity index (χ3v) is 5.86. The summed E-state index contributed by atoms with van der Waals surface area (Å²) in [6.45, 7) is 6.03. The van der Waals surface area contributed by atoms with Crippen LogP contribution in [0, 0.1) is 5.92 Å². The molecule has 0 radical (unpaired) electrons. The molecule has 0 bridgehead atoms. The van der Waals surface area contributed by atoms with E-state index in [9.17, 15) is 13.5 Å². The van der Waals surface area contributed by atoms with E-state index in [2.05, 4.69) is 13.8 Å². The SMILES string of the molecule is CCCC(CCC)C(O)(CCOS(=O)(=O)CCC)c1ccccc1. The second-order valence-corrected chi connectivity index (χ2v) is 8.16. The van der Waals surface area contributed by atoms with Gasteiger partial charge in [0.15, 0.2) is 0 Å². The fourth-order valence-corrected chi connectivity index (χ4v) is 4.22. The zero-order valence-electron chi connectivity index (χ0n) is 15.2. The summed E-state index contributed by atoms with van der Waals surface area (Å²) in [4.78, 5) is 0. The Bertz CT molecular complexity index is 550. The van der Waals surface area contributed by atoms with Crippen LogP contribution in [-0.2, 0) is 19.9 Å². The van der Waals surface area contributed by atoms with E-state index in [1.807, 2.05) is 30.3 Å². The molecule has 1 aromatic carbocycles. The van der Waals surface area contributed by atoms with Crippen LogP contribution in [0.2, 0.25) is 0 Å². The van der Waals surface area contributed by atoms with Crippen molar-refractivity contribution >= 4 is 10.1 Å². The highest BCUT2D eigenvalue weighted by Crippen LogP contribution is 2.38. The molecule has 24 heavy (non-hydrogen) atoms. The maximum Gasteiger partial charge on any atom is 0.267 e. The van der Waals surface area contributed by atoms with Gasteiger partial charge in [-0.25, -0.2) is 0 Å². The molecule has 138 valence electrons. The Labute approximate surface area is 147 Å². The lowest BCUT2D eigenvalue weighted by molar-refractivity contribution is -0.0475. The van der Waals surface area contributed by atoms with E-state index >= 15 is 0 Å².